The van der Waals surface area contributed by atoms with Crippen molar-refractivity contribution in [3.63, 3.8) is 0 Å². The van der Waals surface area contributed by atoms with Gasteiger partial charge in [0.2, 0.25) is 5.91 Å². The maximum atomic E-state index is 12.4. The molecule has 0 saturated carbocycles. The Bertz CT molecular complexity index is 1030. The molecule has 0 saturated heterocycles. The number of benzene rings is 2. The minimum atomic E-state index is -0.509. The molecule has 1 aromatic heterocycles. The van der Waals surface area contributed by atoms with Crippen molar-refractivity contribution in [3.8, 4) is 17.1 Å². The average molecular weight is 412 g/mol. The summed E-state index contributed by atoms with van der Waals surface area (Å²) >= 11 is 1.25. The first-order valence-electron chi connectivity index (χ1n) is 8.67. The van der Waals surface area contributed by atoms with Gasteiger partial charge in [0.1, 0.15) is 5.75 Å². The average Bonchev–Trinajstić information content (AvgIpc) is 3.12. The van der Waals surface area contributed by atoms with Crippen molar-refractivity contribution in [2.24, 2.45) is 7.05 Å². The summed E-state index contributed by atoms with van der Waals surface area (Å²) in [6.45, 7) is 0. The normalized spacial score (nSPS) is 10.4. The summed E-state index contributed by atoms with van der Waals surface area (Å²) in [5, 5.41) is 11.7. The summed E-state index contributed by atoms with van der Waals surface area (Å²) in [7, 11) is 4.74. The van der Waals surface area contributed by atoms with E-state index in [1.807, 2.05) is 35.9 Å². The van der Waals surface area contributed by atoms with Gasteiger partial charge < -0.3 is 19.4 Å². The van der Waals surface area contributed by atoms with Gasteiger partial charge in [0.15, 0.2) is 11.0 Å². The van der Waals surface area contributed by atoms with E-state index >= 15 is 0 Å². The molecule has 0 aliphatic carbocycles. The molecule has 1 N–H and O–H groups in total. The van der Waals surface area contributed by atoms with E-state index in [9.17, 15) is 9.59 Å². The number of esters is 1. The van der Waals surface area contributed by atoms with Gasteiger partial charge in [-0.15, -0.1) is 10.2 Å². The van der Waals surface area contributed by atoms with Gasteiger partial charge in [-0.2, -0.15) is 0 Å². The number of amides is 1. The van der Waals surface area contributed by atoms with Crippen LogP contribution in [0.25, 0.3) is 11.4 Å². The second-order valence-electron chi connectivity index (χ2n) is 5.97. The van der Waals surface area contributed by atoms with Crippen molar-refractivity contribution in [1.82, 2.24) is 14.8 Å². The molecule has 0 bridgehead atoms. The number of hydrogen-bond donors (Lipinski definition) is 1. The van der Waals surface area contributed by atoms with E-state index in [1.165, 1.54) is 18.9 Å². The number of methoxy groups -OCH3 is 2. The van der Waals surface area contributed by atoms with Crippen LogP contribution in [0.3, 0.4) is 0 Å². The number of ether oxygens (including phenoxy) is 2. The molecule has 1 heterocycles. The van der Waals surface area contributed by atoms with Crippen LogP contribution in [-0.2, 0) is 16.6 Å². The van der Waals surface area contributed by atoms with Crippen LogP contribution in [-0.4, -0.2) is 46.6 Å². The highest BCUT2D eigenvalue weighted by Crippen LogP contribution is 2.25. The number of thioether (sulfide) groups is 1. The maximum Gasteiger partial charge on any atom is 0.339 e. The second kappa shape index (κ2) is 9.24. The monoisotopic (exact) mass is 412 g/mol. The van der Waals surface area contributed by atoms with Crippen LogP contribution in [0.4, 0.5) is 5.69 Å². The van der Waals surface area contributed by atoms with Crippen molar-refractivity contribution < 1.29 is 19.1 Å². The van der Waals surface area contributed by atoms with Crippen LogP contribution in [0.15, 0.2) is 53.7 Å². The predicted octanol–water partition coefficient (Wildman–Crippen LogP) is 3.01. The predicted molar refractivity (Wildman–Crippen MR) is 110 cm³/mol. The Kier molecular flexibility index (Phi) is 6.50. The topological polar surface area (TPSA) is 95.3 Å². The molecular formula is C20H20N4O4S. The lowest BCUT2D eigenvalue weighted by molar-refractivity contribution is -0.113. The third-order valence-electron chi connectivity index (χ3n) is 4.10. The molecule has 0 unspecified atom stereocenters. The molecule has 2 aromatic carbocycles. The fraction of sp³-hybridized carbons (Fsp3) is 0.200. The summed E-state index contributed by atoms with van der Waals surface area (Å²) < 4.78 is 11.8. The van der Waals surface area contributed by atoms with Crippen molar-refractivity contribution in [2.45, 2.75) is 5.16 Å². The SMILES string of the molecule is COC(=O)c1ccccc1NC(=O)CSc1nnc(-c2cccc(OC)c2)n1C. The van der Waals surface area contributed by atoms with E-state index in [1.54, 1.807) is 31.4 Å². The van der Waals surface area contributed by atoms with E-state index in [-0.39, 0.29) is 11.7 Å². The molecule has 1 amide bonds. The molecule has 0 aliphatic heterocycles. The van der Waals surface area contributed by atoms with Gasteiger partial charge in [-0.05, 0) is 24.3 Å². The lowest BCUT2D eigenvalue weighted by Gasteiger charge is -2.09. The number of nitrogens with one attached hydrogen (secondary N) is 1. The zero-order valence-corrected chi connectivity index (χ0v) is 17.0. The minimum Gasteiger partial charge on any atom is -0.497 e. The van der Waals surface area contributed by atoms with E-state index in [0.717, 1.165) is 11.3 Å². The third kappa shape index (κ3) is 4.75. The molecule has 8 nitrogen and oxygen atoms in total. The second-order valence-corrected chi connectivity index (χ2v) is 6.91. The summed E-state index contributed by atoms with van der Waals surface area (Å²) in [6, 6.07) is 14.2. The maximum absolute atomic E-state index is 12.4. The first-order valence-corrected chi connectivity index (χ1v) is 9.66. The van der Waals surface area contributed by atoms with Gasteiger partial charge in [0.05, 0.1) is 31.2 Å². The number of anilines is 1. The third-order valence-corrected chi connectivity index (χ3v) is 5.12. The molecular weight excluding hydrogens is 392 g/mol. The first-order chi connectivity index (χ1) is 14.0. The van der Waals surface area contributed by atoms with Crippen molar-refractivity contribution in [3.05, 3.63) is 54.1 Å². The Labute approximate surface area is 172 Å². The van der Waals surface area contributed by atoms with Crippen molar-refractivity contribution in [2.75, 3.05) is 25.3 Å². The lowest BCUT2D eigenvalue weighted by Crippen LogP contribution is -2.17. The van der Waals surface area contributed by atoms with Crippen LogP contribution in [0.2, 0.25) is 0 Å². The van der Waals surface area contributed by atoms with Gasteiger partial charge >= 0.3 is 5.97 Å². The Morgan fingerprint density at radius 2 is 1.90 bits per heavy atom. The van der Waals surface area contributed by atoms with Crippen LogP contribution >= 0.6 is 11.8 Å². The van der Waals surface area contributed by atoms with Gasteiger partial charge in [0, 0.05) is 12.6 Å². The Balaban J connectivity index is 1.67. The summed E-state index contributed by atoms with van der Waals surface area (Å²) in [4.78, 5) is 24.2. The zero-order valence-electron chi connectivity index (χ0n) is 16.2. The molecule has 0 radical (unpaired) electrons. The highest BCUT2D eigenvalue weighted by molar-refractivity contribution is 7.99. The highest BCUT2D eigenvalue weighted by atomic mass is 32.2. The van der Waals surface area contributed by atoms with E-state index in [4.69, 9.17) is 9.47 Å². The van der Waals surface area contributed by atoms with Gasteiger partial charge in [0.25, 0.3) is 0 Å². The number of aromatic nitrogens is 3. The van der Waals surface area contributed by atoms with Crippen molar-refractivity contribution in [1.29, 1.82) is 0 Å². The van der Waals surface area contributed by atoms with E-state index < -0.39 is 5.97 Å². The van der Waals surface area contributed by atoms with Crippen LogP contribution in [0.1, 0.15) is 10.4 Å². The van der Waals surface area contributed by atoms with E-state index in [0.29, 0.717) is 22.2 Å². The fourth-order valence-corrected chi connectivity index (χ4v) is 3.36. The lowest BCUT2D eigenvalue weighted by atomic mass is 10.2. The zero-order chi connectivity index (χ0) is 20.8. The molecule has 0 spiro atoms. The number of para-hydroxylation sites is 1. The molecule has 0 atom stereocenters. The molecule has 29 heavy (non-hydrogen) atoms. The minimum absolute atomic E-state index is 0.111. The fourth-order valence-electron chi connectivity index (χ4n) is 2.65. The van der Waals surface area contributed by atoms with Crippen LogP contribution in [0, 0.1) is 0 Å². The highest BCUT2D eigenvalue weighted by Gasteiger charge is 2.16. The molecule has 9 heteroatoms. The largest absolute Gasteiger partial charge is 0.497 e. The number of carbonyl (C=O) groups excluding carboxylic acids is 2. The Morgan fingerprint density at radius 3 is 2.66 bits per heavy atom. The van der Waals surface area contributed by atoms with E-state index in [2.05, 4.69) is 15.5 Å². The molecule has 0 fully saturated rings. The van der Waals surface area contributed by atoms with Gasteiger partial charge in [-0.1, -0.05) is 36.0 Å². The van der Waals surface area contributed by atoms with Gasteiger partial charge in [-0.3, -0.25) is 4.79 Å². The standard InChI is InChI=1S/C20H20N4O4S/c1-24-18(13-7-6-8-14(11-13)27-2)22-23-20(24)29-12-17(25)21-16-10-5-4-9-15(16)19(26)28-3/h4-11H,12H2,1-3H3,(H,21,25). The molecule has 0 aliphatic rings. The summed E-state index contributed by atoms with van der Waals surface area (Å²) in [6.07, 6.45) is 0. The number of rotatable bonds is 7. The number of nitrogens with zero attached hydrogens (tertiary/aromatic N) is 3. The smallest absolute Gasteiger partial charge is 0.339 e. The molecule has 3 rings (SSSR count). The summed E-state index contributed by atoms with van der Waals surface area (Å²) in [5.41, 5.74) is 1.56. The van der Waals surface area contributed by atoms with Crippen LogP contribution in [0.5, 0.6) is 5.75 Å². The van der Waals surface area contributed by atoms with Gasteiger partial charge in [-0.25, -0.2) is 4.79 Å². The number of hydrogen-bond acceptors (Lipinski definition) is 7. The van der Waals surface area contributed by atoms with Crippen LogP contribution < -0.4 is 10.1 Å². The quantitative estimate of drug-likeness (QED) is 0.471. The molecule has 150 valence electrons. The first kappa shape index (κ1) is 20.4. The Morgan fingerprint density at radius 1 is 1.10 bits per heavy atom. The number of carbonyl (C=O) groups is 2. The molecule has 3 aromatic rings. The van der Waals surface area contributed by atoms with Crippen molar-refractivity contribution >= 4 is 29.3 Å². The summed E-state index contributed by atoms with van der Waals surface area (Å²) in [5.74, 6) is 0.729. The Hall–Kier alpha value is -3.33.